The summed E-state index contributed by atoms with van der Waals surface area (Å²) in [6.45, 7) is 14.5. The van der Waals surface area contributed by atoms with E-state index in [1.807, 2.05) is 27.7 Å². The van der Waals surface area contributed by atoms with Gasteiger partial charge < -0.3 is 24.4 Å². The highest BCUT2D eigenvalue weighted by atomic mass is 16.6. The van der Waals surface area contributed by atoms with Crippen LogP contribution in [-0.2, 0) is 23.9 Å². The highest BCUT2D eigenvalue weighted by Gasteiger charge is 2.78. The van der Waals surface area contributed by atoms with E-state index in [9.17, 15) is 14.4 Å². The molecule has 192 valence electrons. The van der Waals surface area contributed by atoms with Crippen LogP contribution in [0.2, 0.25) is 0 Å². The molecule has 0 aromatic rings. The molecule has 0 aromatic carbocycles. The summed E-state index contributed by atoms with van der Waals surface area (Å²) in [5.74, 6) is -2.20. The largest absolute Gasteiger partial charge is 0.466 e. The number of carbonyl (C=O) groups is 3. The lowest BCUT2D eigenvalue weighted by Crippen LogP contribution is -2.60. The molecule has 8 heteroatoms. The van der Waals surface area contributed by atoms with E-state index in [0.717, 1.165) is 19.3 Å². The van der Waals surface area contributed by atoms with E-state index >= 15 is 0 Å². The number of ether oxygens (including phenoxy) is 2. The second-order valence-electron chi connectivity index (χ2n) is 11.1. The van der Waals surface area contributed by atoms with Gasteiger partial charge in [-0.1, -0.05) is 18.9 Å². The van der Waals surface area contributed by atoms with Gasteiger partial charge in [0.2, 0.25) is 11.8 Å². The monoisotopic (exact) mass is 478 g/mol. The smallest absolute Gasteiger partial charge is 0.312 e. The molecule has 2 unspecified atom stereocenters. The van der Waals surface area contributed by atoms with Crippen molar-refractivity contribution in [3.8, 4) is 0 Å². The quantitative estimate of drug-likeness (QED) is 0.279. The summed E-state index contributed by atoms with van der Waals surface area (Å²) < 4.78 is 12.0. The molecule has 0 aliphatic carbocycles. The zero-order valence-electron chi connectivity index (χ0n) is 21.5. The molecule has 3 fully saturated rings. The zero-order valence-corrected chi connectivity index (χ0v) is 21.5. The van der Waals surface area contributed by atoms with Gasteiger partial charge in [-0.15, -0.1) is 6.58 Å². The summed E-state index contributed by atoms with van der Waals surface area (Å²) in [6, 6.07) is -0.789. The Kier molecular flexibility index (Phi) is 7.82. The molecule has 3 aliphatic rings. The van der Waals surface area contributed by atoms with Gasteiger partial charge in [-0.2, -0.15) is 0 Å². The number of esters is 1. The van der Waals surface area contributed by atoms with Crippen molar-refractivity contribution in [2.24, 2.45) is 11.8 Å². The molecule has 3 rings (SSSR count). The van der Waals surface area contributed by atoms with Crippen LogP contribution in [0.3, 0.4) is 0 Å². The Labute approximate surface area is 203 Å². The Bertz CT molecular complexity index is 808. The Balaban J connectivity index is 2.01. The van der Waals surface area contributed by atoms with Gasteiger partial charge >= 0.3 is 5.97 Å². The second-order valence-corrected chi connectivity index (χ2v) is 11.1. The molecular formula is C26H42N2O6. The van der Waals surface area contributed by atoms with E-state index in [1.54, 1.807) is 22.8 Å². The molecule has 3 saturated heterocycles. The molecule has 34 heavy (non-hydrogen) atoms. The number of rotatable bonds is 11. The highest BCUT2D eigenvalue weighted by Crippen LogP contribution is 2.63. The number of fused-ring (bicyclic) bond motifs is 1. The van der Waals surface area contributed by atoms with Crippen molar-refractivity contribution < 1.29 is 29.0 Å². The molecule has 0 saturated carbocycles. The fraction of sp³-hybridized carbons (Fsp3) is 0.808. The molecule has 0 aromatic heterocycles. The first-order chi connectivity index (χ1) is 16.0. The van der Waals surface area contributed by atoms with Crippen LogP contribution in [0.15, 0.2) is 12.7 Å². The number of amides is 2. The third-order valence-corrected chi connectivity index (χ3v) is 7.75. The lowest BCUT2D eigenvalue weighted by Gasteiger charge is -2.42. The first-order valence-electron chi connectivity index (χ1n) is 12.7. The number of likely N-dealkylation sites (tertiary alicyclic amines) is 1. The number of hydrogen-bond donors (Lipinski definition) is 1. The molecule has 2 bridgehead atoms. The molecule has 8 nitrogen and oxygen atoms in total. The number of aliphatic hydroxyl groups is 1. The zero-order chi connectivity index (χ0) is 25.3. The van der Waals surface area contributed by atoms with Gasteiger partial charge in [0.15, 0.2) is 0 Å². The predicted molar refractivity (Wildman–Crippen MR) is 128 cm³/mol. The summed E-state index contributed by atoms with van der Waals surface area (Å²) in [5.41, 5.74) is -2.32. The van der Waals surface area contributed by atoms with Crippen molar-refractivity contribution in [3.05, 3.63) is 12.7 Å². The normalized spacial score (nSPS) is 32.1. The Hall–Kier alpha value is -1.93. The number of nitrogens with zero attached hydrogens (tertiary/aromatic N) is 2. The Morgan fingerprint density at radius 3 is 2.53 bits per heavy atom. The summed E-state index contributed by atoms with van der Waals surface area (Å²) in [7, 11) is 0. The van der Waals surface area contributed by atoms with Crippen molar-refractivity contribution in [1.29, 1.82) is 0 Å². The molecular weight excluding hydrogens is 436 g/mol. The van der Waals surface area contributed by atoms with Crippen LogP contribution >= 0.6 is 0 Å². The molecule has 3 heterocycles. The van der Waals surface area contributed by atoms with Crippen LogP contribution in [0.4, 0.5) is 0 Å². The maximum absolute atomic E-state index is 14.2. The maximum Gasteiger partial charge on any atom is 0.312 e. The summed E-state index contributed by atoms with van der Waals surface area (Å²) in [5, 5.41) is 9.07. The maximum atomic E-state index is 14.2. The van der Waals surface area contributed by atoms with Crippen molar-refractivity contribution in [1.82, 2.24) is 9.80 Å². The standard InChI is InChI=1S/C26H42N2O6/c1-7-15-28(24(3,4)5)22(31)20-26-14-13-25(6,34-26)19(23(32)33-8-2)18(26)21(30)27(20)16-11-9-10-12-17-29/h7,18-20,29H,1,8-17H2,2-6H3/t18-,19+,20?,25-,26?/m0/s1. The van der Waals surface area contributed by atoms with E-state index in [0.29, 0.717) is 32.4 Å². The lowest BCUT2D eigenvalue weighted by molar-refractivity contribution is -0.160. The van der Waals surface area contributed by atoms with Gasteiger partial charge in [0.25, 0.3) is 0 Å². The number of aliphatic hydroxyl groups excluding tert-OH is 1. The van der Waals surface area contributed by atoms with Crippen LogP contribution in [-0.4, -0.2) is 81.8 Å². The summed E-state index contributed by atoms with van der Waals surface area (Å²) in [6.07, 6.45) is 5.99. The average molecular weight is 479 g/mol. The molecule has 5 atom stereocenters. The van der Waals surface area contributed by atoms with E-state index in [1.165, 1.54) is 0 Å². The van der Waals surface area contributed by atoms with Gasteiger partial charge in [0, 0.05) is 25.2 Å². The van der Waals surface area contributed by atoms with Crippen molar-refractivity contribution >= 4 is 17.8 Å². The summed E-state index contributed by atoms with van der Waals surface area (Å²) in [4.78, 5) is 44.5. The van der Waals surface area contributed by atoms with Crippen LogP contribution in [0.25, 0.3) is 0 Å². The molecule has 0 radical (unpaired) electrons. The van der Waals surface area contributed by atoms with E-state index in [-0.39, 0.29) is 25.0 Å². The van der Waals surface area contributed by atoms with Crippen LogP contribution < -0.4 is 0 Å². The first-order valence-corrected chi connectivity index (χ1v) is 12.7. The first kappa shape index (κ1) is 26.7. The number of hydrogen-bond acceptors (Lipinski definition) is 6. The third-order valence-electron chi connectivity index (χ3n) is 7.75. The number of carbonyl (C=O) groups excluding carboxylic acids is 3. The van der Waals surface area contributed by atoms with E-state index < -0.39 is 40.6 Å². The van der Waals surface area contributed by atoms with Gasteiger partial charge in [-0.3, -0.25) is 14.4 Å². The van der Waals surface area contributed by atoms with Crippen molar-refractivity contribution in [2.45, 2.75) is 95.9 Å². The van der Waals surface area contributed by atoms with Crippen LogP contribution in [0.1, 0.15) is 73.1 Å². The topological polar surface area (TPSA) is 96.4 Å². The SMILES string of the molecule is C=CCN(C(=O)C1N(CCCCCCO)C(=O)[C@@H]2[C@H](C(=O)OCC)[C@]3(C)CCC12O3)C(C)(C)C. The van der Waals surface area contributed by atoms with Gasteiger partial charge in [-0.25, -0.2) is 0 Å². The van der Waals surface area contributed by atoms with Gasteiger partial charge in [-0.05, 0) is 60.3 Å². The average Bonchev–Trinajstić information content (AvgIpc) is 3.32. The Morgan fingerprint density at radius 1 is 1.26 bits per heavy atom. The van der Waals surface area contributed by atoms with Gasteiger partial charge in [0.05, 0.1) is 18.1 Å². The second kappa shape index (κ2) is 9.97. The fourth-order valence-corrected chi connectivity index (χ4v) is 6.25. The van der Waals surface area contributed by atoms with Crippen molar-refractivity contribution in [2.75, 3.05) is 26.3 Å². The van der Waals surface area contributed by atoms with Crippen molar-refractivity contribution in [3.63, 3.8) is 0 Å². The minimum Gasteiger partial charge on any atom is -0.466 e. The fourth-order valence-electron chi connectivity index (χ4n) is 6.25. The predicted octanol–water partition coefficient (Wildman–Crippen LogP) is 2.68. The van der Waals surface area contributed by atoms with E-state index in [2.05, 4.69) is 6.58 Å². The summed E-state index contributed by atoms with van der Waals surface area (Å²) >= 11 is 0. The minimum absolute atomic E-state index is 0.144. The van der Waals surface area contributed by atoms with Gasteiger partial charge in [0.1, 0.15) is 17.6 Å². The number of unbranched alkanes of at least 4 members (excludes halogenated alkanes) is 3. The molecule has 3 aliphatic heterocycles. The van der Waals surface area contributed by atoms with Crippen LogP contribution in [0.5, 0.6) is 0 Å². The minimum atomic E-state index is -1.03. The van der Waals surface area contributed by atoms with E-state index in [4.69, 9.17) is 14.6 Å². The lowest BCUT2D eigenvalue weighted by atomic mass is 9.66. The third kappa shape index (κ3) is 4.39. The molecule has 1 N–H and O–H groups in total. The highest BCUT2D eigenvalue weighted by molar-refractivity contribution is 5.98. The molecule has 1 spiro atoms. The molecule has 2 amide bonds. The Morgan fingerprint density at radius 2 is 1.94 bits per heavy atom. The van der Waals surface area contributed by atoms with Crippen LogP contribution in [0, 0.1) is 11.8 Å².